The van der Waals surface area contributed by atoms with Gasteiger partial charge < -0.3 is 20.1 Å². The van der Waals surface area contributed by atoms with E-state index in [1.807, 2.05) is 19.9 Å². The third kappa shape index (κ3) is 10.4. The van der Waals surface area contributed by atoms with Crippen molar-refractivity contribution in [1.82, 2.24) is 15.5 Å². The first-order valence-corrected chi connectivity index (χ1v) is 9.95. The van der Waals surface area contributed by atoms with Crippen molar-refractivity contribution in [1.29, 1.82) is 0 Å². The summed E-state index contributed by atoms with van der Waals surface area (Å²) in [7, 11) is 0. The number of hydrogen-bond acceptors (Lipinski definition) is 4. The third-order valence-electron chi connectivity index (χ3n) is 4.48. The Labute approximate surface area is 189 Å². The van der Waals surface area contributed by atoms with Gasteiger partial charge in [0.05, 0.1) is 19.8 Å². The van der Waals surface area contributed by atoms with Crippen molar-refractivity contribution in [3.8, 4) is 5.75 Å². The Morgan fingerprint density at radius 2 is 2.00 bits per heavy atom. The maximum Gasteiger partial charge on any atom is 0.387 e. The topological polar surface area (TPSA) is 58.1 Å². The standard InChI is InChI=1S/C20H32F2N4O2.HI/c1-3-23-20(24-8-4-5-9-26-10-12-27-13-11-26)25-15-17-14-16(2)6-7-18(17)28-19(21)22;/h6-7,14,19H,3-5,8-13,15H2,1-2H3,(H2,23,24,25);1H. The Kier molecular flexibility index (Phi) is 13.1. The Balaban J connectivity index is 0.00000420. The molecule has 0 saturated carbocycles. The average Bonchev–Trinajstić information content (AvgIpc) is 2.68. The van der Waals surface area contributed by atoms with Gasteiger partial charge in [0.25, 0.3) is 0 Å². The highest BCUT2D eigenvalue weighted by Crippen LogP contribution is 2.22. The molecule has 0 aromatic heterocycles. The van der Waals surface area contributed by atoms with Crippen molar-refractivity contribution >= 4 is 29.9 Å². The van der Waals surface area contributed by atoms with E-state index in [9.17, 15) is 8.78 Å². The molecule has 1 aromatic carbocycles. The fraction of sp³-hybridized carbons (Fsp3) is 0.650. The summed E-state index contributed by atoms with van der Waals surface area (Å²) in [4.78, 5) is 6.94. The molecule has 1 heterocycles. The summed E-state index contributed by atoms with van der Waals surface area (Å²) in [5.74, 6) is 0.851. The van der Waals surface area contributed by atoms with E-state index in [0.29, 0.717) is 11.5 Å². The minimum Gasteiger partial charge on any atom is -0.434 e. The molecule has 0 bridgehead atoms. The van der Waals surface area contributed by atoms with Crippen LogP contribution in [0.3, 0.4) is 0 Å². The van der Waals surface area contributed by atoms with Gasteiger partial charge >= 0.3 is 6.61 Å². The first-order valence-electron chi connectivity index (χ1n) is 9.95. The zero-order valence-electron chi connectivity index (χ0n) is 17.3. The Morgan fingerprint density at radius 3 is 2.69 bits per heavy atom. The van der Waals surface area contributed by atoms with Gasteiger partial charge in [0.1, 0.15) is 5.75 Å². The second-order valence-corrected chi connectivity index (χ2v) is 6.77. The molecule has 1 aromatic rings. The van der Waals surface area contributed by atoms with Crippen LogP contribution in [0.1, 0.15) is 30.9 Å². The number of nitrogens with zero attached hydrogens (tertiary/aromatic N) is 2. The van der Waals surface area contributed by atoms with Crippen LogP contribution >= 0.6 is 24.0 Å². The number of aliphatic imine (C=N–C) groups is 1. The van der Waals surface area contributed by atoms with Gasteiger partial charge in [0, 0.05) is 31.7 Å². The van der Waals surface area contributed by atoms with Crippen LogP contribution in [-0.2, 0) is 11.3 Å². The zero-order chi connectivity index (χ0) is 20.2. The molecule has 1 fully saturated rings. The Hall–Kier alpha value is -1.20. The molecule has 0 amide bonds. The van der Waals surface area contributed by atoms with Crippen LogP contribution in [0.25, 0.3) is 0 Å². The quantitative estimate of drug-likeness (QED) is 0.212. The molecule has 0 radical (unpaired) electrons. The smallest absolute Gasteiger partial charge is 0.387 e. The van der Waals surface area contributed by atoms with Crippen molar-refractivity contribution in [3.63, 3.8) is 0 Å². The van der Waals surface area contributed by atoms with Crippen LogP contribution in [0.5, 0.6) is 5.75 Å². The molecule has 1 saturated heterocycles. The van der Waals surface area contributed by atoms with Gasteiger partial charge in [-0.1, -0.05) is 17.7 Å². The minimum atomic E-state index is -2.84. The lowest BCUT2D eigenvalue weighted by molar-refractivity contribution is -0.0504. The summed E-state index contributed by atoms with van der Waals surface area (Å²) in [6.07, 6.45) is 2.14. The third-order valence-corrected chi connectivity index (χ3v) is 4.48. The molecular formula is C20H33F2IN4O2. The first-order chi connectivity index (χ1) is 13.6. The van der Waals surface area contributed by atoms with Crippen molar-refractivity contribution < 1.29 is 18.3 Å². The van der Waals surface area contributed by atoms with Gasteiger partial charge in [-0.25, -0.2) is 4.99 Å². The van der Waals surface area contributed by atoms with Crippen LogP contribution in [0.4, 0.5) is 8.78 Å². The van der Waals surface area contributed by atoms with E-state index < -0.39 is 6.61 Å². The summed E-state index contributed by atoms with van der Waals surface area (Å²) < 4.78 is 35.2. The molecule has 29 heavy (non-hydrogen) atoms. The summed E-state index contributed by atoms with van der Waals surface area (Å²) in [5, 5.41) is 6.50. The number of ether oxygens (including phenoxy) is 2. The van der Waals surface area contributed by atoms with E-state index in [-0.39, 0.29) is 36.3 Å². The van der Waals surface area contributed by atoms with Crippen LogP contribution in [0, 0.1) is 6.92 Å². The lowest BCUT2D eigenvalue weighted by Gasteiger charge is -2.26. The highest BCUT2D eigenvalue weighted by molar-refractivity contribution is 14.0. The number of aryl methyl sites for hydroxylation is 1. The lowest BCUT2D eigenvalue weighted by Crippen LogP contribution is -2.39. The van der Waals surface area contributed by atoms with E-state index in [0.717, 1.165) is 64.3 Å². The molecule has 0 unspecified atom stereocenters. The maximum absolute atomic E-state index is 12.6. The predicted octanol–water partition coefficient (Wildman–Crippen LogP) is 3.38. The van der Waals surface area contributed by atoms with Crippen LogP contribution in [-0.4, -0.2) is 63.4 Å². The van der Waals surface area contributed by atoms with E-state index in [2.05, 4.69) is 25.3 Å². The summed E-state index contributed by atoms with van der Waals surface area (Å²) >= 11 is 0. The van der Waals surface area contributed by atoms with Gasteiger partial charge in [-0.15, -0.1) is 24.0 Å². The first kappa shape index (κ1) is 25.8. The van der Waals surface area contributed by atoms with Gasteiger partial charge in [0.15, 0.2) is 5.96 Å². The van der Waals surface area contributed by atoms with Crippen molar-refractivity contribution in [3.05, 3.63) is 29.3 Å². The SMILES string of the molecule is CCNC(=NCc1cc(C)ccc1OC(F)F)NCCCCN1CCOCC1.I. The maximum atomic E-state index is 12.6. The highest BCUT2D eigenvalue weighted by atomic mass is 127. The molecule has 166 valence electrons. The molecule has 2 rings (SSSR count). The second kappa shape index (κ2) is 14.7. The van der Waals surface area contributed by atoms with E-state index in [1.165, 1.54) is 0 Å². The van der Waals surface area contributed by atoms with Gasteiger partial charge in [-0.05, 0) is 39.3 Å². The van der Waals surface area contributed by atoms with E-state index in [1.54, 1.807) is 12.1 Å². The van der Waals surface area contributed by atoms with Crippen LogP contribution in [0.2, 0.25) is 0 Å². The van der Waals surface area contributed by atoms with Gasteiger partial charge in [0.2, 0.25) is 0 Å². The number of rotatable bonds is 10. The minimum absolute atomic E-state index is 0. The molecule has 9 heteroatoms. The lowest BCUT2D eigenvalue weighted by atomic mass is 10.1. The number of nitrogens with one attached hydrogen (secondary N) is 2. The molecule has 0 spiro atoms. The summed E-state index contributed by atoms with van der Waals surface area (Å²) in [6, 6.07) is 5.15. The van der Waals surface area contributed by atoms with Crippen molar-refractivity contribution in [2.24, 2.45) is 4.99 Å². The average molecular weight is 526 g/mol. The van der Waals surface area contributed by atoms with Gasteiger partial charge in [-0.3, -0.25) is 4.90 Å². The van der Waals surface area contributed by atoms with Crippen molar-refractivity contribution in [2.45, 2.75) is 39.8 Å². The normalized spacial score (nSPS) is 15.1. The predicted molar refractivity (Wildman–Crippen MR) is 123 cm³/mol. The molecule has 6 nitrogen and oxygen atoms in total. The molecule has 0 aliphatic carbocycles. The fourth-order valence-corrected chi connectivity index (χ4v) is 3.04. The molecular weight excluding hydrogens is 493 g/mol. The molecule has 2 N–H and O–H groups in total. The molecule has 1 aliphatic heterocycles. The number of benzene rings is 1. The van der Waals surface area contributed by atoms with Crippen molar-refractivity contribution in [2.75, 3.05) is 45.9 Å². The van der Waals surface area contributed by atoms with Crippen LogP contribution in [0.15, 0.2) is 23.2 Å². The zero-order valence-corrected chi connectivity index (χ0v) is 19.6. The monoisotopic (exact) mass is 526 g/mol. The number of alkyl halides is 2. The van der Waals surface area contributed by atoms with E-state index >= 15 is 0 Å². The number of guanidine groups is 1. The Morgan fingerprint density at radius 1 is 1.24 bits per heavy atom. The molecule has 1 aliphatic rings. The van der Waals surface area contributed by atoms with E-state index in [4.69, 9.17) is 4.74 Å². The summed E-state index contributed by atoms with van der Waals surface area (Å²) in [5.41, 5.74) is 1.62. The number of unbranched alkanes of at least 4 members (excludes halogenated alkanes) is 1. The number of morpholine rings is 1. The summed E-state index contributed by atoms with van der Waals surface area (Å²) in [6.45, 7) is 7.63. The largest absolute Gasteiger partial charge is 0.434 e. The highest BCUT2D eigenvalue weighted by Gasteiger charge is 2.11. The van der Waals surface area contributed by atoms with Crippen LogP contribution < -0.4 is 15.4 Å². The second-order valence-electron chi connectivity index (χ2n) is 6.77. The molecule has 0 atom stereocenters. The fourth-order valence-electron chi connectivity index (χ4n) is 3.04. The number of hydrogen-bond donors (Lipinski definition) is 2. The van der Waals surface area contributed by atoms with Gasteiger partial charge in [-0.2, -0.15) is 8.78 Å². The number of halogens is 3. The Bertz CT molecular complexity index is 614.